The number of nitrogens with one attached hydrogen (secondary N) is 1. The fourth-order valence-electron chi connectivity index (χ4n) is 2.58. The second-order valence-electron chi connectivity index (χ2n) is 4.67. The van der Waals surface area contributed by atoms with Crippen molar-refractivity contribution in [3.05, 3.63) is 46.4 Å². The van der Waals surface area contributed by atoms with Crippen molar-refractivity contribution < 1.29 is 0 Å². The summed E-state index contributed by atoms with van der Waals surface area (Å²) in [6, 6.07) is 7.84. The molecular formula is C14H16N2O. The van der Waals surface area contributed by atoms with Crippen molar-refractivity contribution in [2.45, 2.75) is 19.4 Å². The summed E-state index contributed by atoms with van der Waals surface area (Å²) in [5.74, 6) is 0. The number of pyridine rings is 1. The average Bonchev–Trinajstić information content (AvgIpc) is 2.86. The van der Waals surface area contributed by atoms with Crippen LogP contribution in [0.25, 0.3) is 10.8 Å². The molecule has 1 aromatic carbocycles. The van der Waals surface area contributed by atoms with Gasteiger partial charge in [-0.15, -0.1) is 0 Å². The van der Waals surface area contributed by atoms with Crippen LogP contribution in [-0.2, 0) is 6.54 Å². The molecule has 3 nitrogen and oxygen atoms in total. The number of nitrogens with zero attached hydrogens (tertiary/aromatic N) is 1. The van der Waals surface area contributed by atoms with Crippen molar-refractivity contribution in [2.75, 3.05) is 13.1 Å². The molecule has 1 aliphatic rings. The third kappa shape index (κ3) is 1.98. The van der Waals surface area contributed by atoms with Gasteiger partial charge in [-0.05, 0) is 42.9 Å². The van der Waals surface area contributed by atoms with E-state index in [0.717, 1.165) is 17.3 Å². The van der Waals surface area contributed by atoms with E-state index in [9.17, 15) is 4.79 Å². The molecule has 2 heterocycles. The van der Waals surface area contributed by atoms with Crippen LogP contribution in [0.15, 0.2) is 35.3 Å². The molecule has 0 spiro atoms. The van der Waals surface area contributed by atoms with Crippen LogP contribution in [0.1, 0.15) is 18.4 Å². The van der Waals surface area contributed by atoms with Crippen LogP contribution in [0.2, 0.25) is 0 Å². The van der Waals surface area contributed by atoms with Gasteiger partial charge in [0.05, 0.1) is 0 Å². The molecule has 1 aliphatic heterocycles. The molecule has 0 amide bonds. The highest BCUT2D eigenvalue weighted by molar-refractivity contribution is 5.84. The Morgan fingerprint density at radius 2 is 1.82 bits per heavy atom. The van der Waals surface area contributed by atoms with Gasteiger partial charge < -0.3 is 4.98 Å². The van der Waals surface area contributed by atoms with Crippen LogP contribution < -0.4 is 5.56 Å². The maximum atomic E-state index is 11.7. The van der Waals surface area contributed by atoms with Gasteiger partial charge in [-0.1, -0.05) is 18.2 Å². The van der Waals surface area contributed by atoms with Crippen molar-refractivity contribution >= 4 is 10.8 Å². The van der Waals surface area contributed by atoms with Gasteiger partial charge in [0.2, 0.25) is 0 Å². The van der Waals surface area contributed by atoms with E-state index in [4.69, 9.17) is 0 Å². The number of aromatic nitrogens is 1. The number of hydrogen-bond donors (Lipinski definition) is 1. The molecular weight excluding hydrogens is 212 g/mol. The fraction of sp³-hybridized carbons (Fsp3) is 0.357. The lowest BCUT2D eigenvalue weighted by atomic mass is 10.1. The van der Waals surface area contributed by atoms with Crippen LogP contribution in [0.3, 0.4) is 0 Å². The maximum Gasteiger partial charge on any atom is 0.255 e. The first-order chi connectivity index (χ1) is 8.34. The number of aromatic amines is 1. The maximum absolute atomic E-state index is 11.7. The number of fused-ring (bicyclic) bond motifs is 1. The molecule has 3 heteroatoms. The van der Waals surface area contributed by atoms with Gasteiger partial charge in [0.15, 0.2) is 0 Å². The van der Waals surface area contributed by atoms with E-state index in [1.807, 2.05) is 30.5 Å². The third-order valence-electron chi connectivity index (χ3n) is 3.49. The van der Waals surface area contributed by atoms with Crippen LogP contribution in [0, 0.1) is 0 Å². The smallest absolute Gasteiger partial charge is 0.255 e. The Hall–Kier alpha value is -1.61. The zero-order chi connectivity index (χ0) is 11.7. The van der Waals surface area contributed by atoms with E-state index in [-0.39, 0.29) is 5.56 Å². The summed E-state index contributed by atoms with van der Waals surface area (Å²) in [4.78, 5) is 17.0. The summed E-state index contributed by atoms with van der Waals surface area (Å²) in [5, 5.41) is 1.88. The zero-order valence-electron chi connectivity index (χ0n) is 9.78. The number of hydrogen-bond acceptors (Lipinski definition) is 2. The second kappa shape index (κ2) is 4.34. The highest BCUT2D eigenvalue weighted by Gasteiger charge is 2.13. The Morgan fingerprint density at radius 3 is 2.59 bits per heavy atom. The van der Waals surface area contributed by atoms with Gasteiger partial charge in [0.25, 0.3) is 5.56 Å². The minimum absolute atomic E-state index is 0.00534. The lowest BCUT2D eigenvalue weighted by molar-refractivity contribution is 0.332. The molecule has 0 bridgehead atoms. The number of rotatable bonds is 2. The van der Waals surface area contributed by atoms with Gasteiger partial charge in [0.1, 0.15) is 0 Å². The lowest BCUT2D eigenvalue weighted by Crippen LogP contribution is -2.19. The molecule has 17 heavy (non-hydrogen) atoms. The van der Waals surface area contributed by atoms with Crippen molar-refractivity contribution in [2.24, 2.45) is 0 Å². The topological polar surface area (TPSA) is 36.1 Å². The Balaban J connectivity index is 2.04. The molecule has 2 aromatic rings. The zero-order valence-corrected chi connectivity index (χ0v) is 9.78. The van der Waals surface area contributed by atoms with Crippen LogP contribution in [-0.4, -0.2) is 23.0 Å². The Kier molecular flexibility index (Phi) is 2.69. The minimum atomic E-state index is 0.00534. The standard InChI is InChI=1S/C14H16N2O/c17-14-13-6-2-1-5-12(13)11(9-15-14)10-16-7-3-4-8-16/h1-2,5-6,9H,3-4,7-8,10H2,(H,15,17). The molecule has 88 valence electrons. The van der Waals surface area contributed by atoms with Crippen LogP contribution >= 0.6 is 0 Å². The van der Waals surface area contributed by atoms with Gasteiger partial charge >= 0.3 is 0 Å². The molecule has 1 fully saturated rings. The molecule has 1 aromatic heterocycles. The van der Waals surface area contributed by atoms with E-state index >= 15 is 0 Å². The van der Waals surface area contributed by atoms with Gasteiger partial charge in [-0.25, -0.2) is 0 Å². The SMILES string of the molecule is O=c1[nH]cc(CN2CCCC2)c2ccccc12. The second-order valence-corrected chi connectivity index (χ2v) is 4.67. The van der Waals surface area contributed by atoms with Crippen LogP contribution in [0.4, 0.5) is 0 Å². The van der Waals surface area contributed by atoms with Crippen molar-refractivity contribution in [1.29, 1.82) is 0 Å². The normalized spacial score (nSPS) is 16.7. The van der Waals surface area contributed by atoms with Crippen LogP contribution in [0.5, 0.6) is 0 Å². The monoisotopic (exact) mass is 228 g/mol. The lowest BCUT2D eigenvalue weighted by Gasteiger charge is -2.15. The van der Waals surface area contributed by atoms with Gasteiger partial charge in [-0.3, -0.25) is 9.69 Å². The molecule has 0 radical (unpaired) electrons. The van der Waals surface area contributed by atoms with E-state index in [1.54, 1.807) is 0 Å². The van der Waals surface area contributed by atoms with E-state index in [2.05, 4.69) is 9.88 Å². The summed E-state index contributed by atoms with van der Waals surface area (Å²) < 4.78 is 0. The molecule has 0 saturated carbocycles. The Labute approximate surface area is 100 Å². The predicted molar refractivity (Wildman–Crippen MR) is 69.1 cm³/mol. The van der Waals surface area contributed by atoms with Crippen molar-refractivity contribution in [3.8, 4) is 0 Å². The van der Waals surface area contributed by atoms with E-state index < -0.39 is 0 Å². The van der Waals surface area contributed by atoms with E-state index in [0.29, 0.717) is 0 Å². The number of likely N-dealkylation sites (tertiary alicyclic amines) is 1. The first kappa shape index (κ1) is 10.5. The van der Waals surface area contributed by atoms with Gasteiger partial charge in [-0.2, -0.15) is 0 Å². The molecule has 1 N–H and O–H groups in total. The third-order valence-corrected chi connectivity index (χ3v) is 3.49. The molecule has 3 rings (SSSR count). The fourth-order valence-corrected chi connectivity index (χ4v) is 2.58. The summed E-state index contributed by atoms with van der Waals surface area (Å²) >= 11 is 0. The Morgan fingerprint density at radius 1 is 1.12 bits per heavy atom. The first-order valence-corrected chi connectivity index (χ1v) is 6.16. The molecule has 0 unspecified atom stereocenters. The largest absolute Gasteiger partial charge is 0.328 e. The highest BCUT2D eigenvalue weighted by Crippen LogP contribution is 2.18. The summed E-state index contributed by atoms with van der Waals surface area (Å²) in [6.07, 6.45) is 4.45. The predicted octanol–water partition coefficient (Wildman–Crippen LogP) is 2.12. The van der Waals surface area contributed by atoms with Gasteiger partial charge in [0, 0.05) is 18.1 Å². The quantitative estimate of drug-likeness (QED) is 0.854. The molecule has 0 atom stereocenters. The van der Waals surface area contributed by atoms with Crippen molar-refractivity contribution in [1.82, 2.24) is 9.88 Å². The van der Waals surface area contributed by atoms with Crippen molar-refractivity contribution in [3.63, 3.8) is 0 Å². The Bertz CT molecular complexity index is 582. The van der Waals surface area contributed by atoms with E-state index in [1.165, 1.54) is 31.5 Å². The number of benzene rings is 1. The first-order valence-electron chi connectivity index (χ1n) is 6.16. The average molecular weight is 228 g/mol. The molecule has 1 saturated heterocycles. The molecule has 0 aliphatic carbocycles. The highest BCUT2D eigenvalue weighted by atomic mass is 16.1. The summed E-state index contributed by atoms with van der Waals surface area (Å²) in [6.45, 7) is 3.29. The minimum Gasteiger partial charge on any atom is -0.328 e. The summed E-state index contributed by atoms with van der Waals surface area (Å²) in [5.41, 5.74) is 1.23. The summed E-state index contributed by atoms with van der Waals surface area (Å²) in [7, 11) is 0. The number of H-pyrrole nitrogens is 1.